The molecule has 2 aromatic carbocycles. The summed E-state index contributed by atoms with van der Waals surface area (Å²) >= 11 is 1.55. The van der Waals surface area contributed by atoms with Gasteiger partial charge >= 0.3 is 0 Å². The highest BCUT2D eigenvalue weighted by Crippen LogP contribution is 2.41. The van der Waals surface area contributed by atoms with Gasteiger partial charge < -0.3 is 10.1 Å². The molecule has 0 aliphatic rings. The number of carbonyl (C=O) groups is 1. The lowest BCUT2D eigenvalue weighted by Gasteiger charge is -2.19. The van der Waals surface area contributed by atoms with Gasteiger partial charge in [-0.2, -0.15) is 0 Å². The van der Waals surface area contributed by atoms with E-state index >= 15 is 0 Å². The maximum absolute atomic E-state index is 13.0. The molecule has 1 amide bonds. The minimum atomic E-state index is -0.205. The molecule has 6 heteroatoms. The van der Waals surface area contributed by atoms with Gasteiger partial charge in [-0.15, -0.1) is 0 Å². The minimum Gasteiger partial charge on any atom is -0.497 e. The maximum atomic E-state index is 13.0. The quantitative estimate of drug-likeness (QED) is 0.388. The molecule has 0 saturated heterocycles. The van der Waals surface area contributed by atoms with Gasteiger partial charge in [-0.3, -0.25) is 9.78 Å². The van der Waals surface area contributed by atoms with E-state index in [4.69, 9.17) is 4.74 Å². The summed E-state index contributed by atoms with van der Waals surface area (Å²) in [7, 11) is 1.65. The van der Waals surface area contributed by atoms with E-state index in [-0.39, 0.29) is 11.2 Å². The van der Waals surface area contributed by atoms with Crippen LogP contribution in [0.4, 0.5) is 5.69 Å². The molecule has 1 atom stereocenters. The predicted octanol–water partition coefficient (Wildman–Crippen LogP) is 5.62. The van der Waals surface area contributed by atoms with E-state index in [1.807, 2.05) is 42.5 Å². The topological polar surface area (TPSA) is 64.1 Å². The molecule has 31 heavy (non-hydrogen) atoms. The van der Waals surface area contributed by atoms with Crippen molar-refractivity contribution in [2.75, 3.05) is 12.4 Å². The highest BCUT2D eigenvalue weighted by molar-refractivity contribution is 7.99. The number of rotatable bonds is 7. The SMILES string of the molecule is COc1ccc(C(Sc2ncccc2C(=O)Nc2ccncc2)c2ccccc2)cc1. The summed E-state index contributed by atoms with van der Waals surface area (Å²) in [6.45, 7) is 0. The Labute approximate surface area is 185 Å². The Hall–Kier alpha value is -3.64. The molecule has 0 aliphatic heterocycles. The second-order valence-electron chi connectivity index (χ2n) is 6.73. The van der Waals surface area contributed by atoms with E-state index in [2.05, 4.69) is 27.4 Å². The first kappa shape index (κ1) is 20.6. The largest absolute Gasteiger partial charge is 0.497 e. The first-order valence-electron chi connectivity index (χ1n) is 9.76. The lowest BCUT2D eigenvalue weighted by atomic mass is 10.0. The third kappa shape index (κ3) is 5.10. The van der Waals surface area contributed by atoms with Crippen LogP contribution >= 0.6 is 11.8 Å². The first-order chi connectivity index (χ1) is 15.2. The molecule has 2 aromatic heterocycles. The molecule has 154 valence electrons. The first-order valence-corrected chi connectivity index (χ1v) is 10.6. The van der Waals surface area contributed by atoms with Crippen LogP contribution in [-0.4, -0.2) is 23.0 Å². The fourth-order valence-electron chi connectivity index (χ4n) is 3.14. The van der Waals surface area contributed by atoms with Crippen LogP contribution < -0.4 is 10.1 Å². The Bertz CT molecular complexity index is 1140. The summed E-state index contributed by atoms with van der Waals surface area (Å²) in [5.41, 5.74) is 3.44. The highest BCUT2D eigenvalue weighted by Gasteiger charge is 2.21. The Morgan fingerprint density at radius 1 is 0.871 bits per heavy atom. The molecule has 4 rings (SSSR count). The van der Waals surface area contributed by atoms with Crippen molar-refractivity contribution in [3.63, 3.8) is 0 Å². The summed E-state index contributed by atoms with van der Waals surface area (Å²) in [6.07, 6.45) is 4.99. The van der Waals surface area contributed by atoms with Crippen LogP contribution in [0.15, 0.2) is 102 Å². The number of aromatic nitrogens is 2. The van der Waals surface area contributed by atoms with Crippen LogP contribution in [-0.2, 0) is 0 Å². The molecule has 1 N–H and O–H groups in total. The molecule has 0 fully saturated rings. The van der Waals surface area contributed by atoms with Crippen molar-refractivity contribution in [2.24, 2.45) is 0 Å². The number of nitrogens with one attached hydrogen (secondary N) is 1. The van der Waals surface area contributed by atoms with Crippen molar-refractivity contribution in [2.45, 2.75) is 10.3 Å². The van der Waals surface area contributed by atoms with Gasteiger partial charge in [-0.05, 0) is 47.5 Å². The number of amides is 1. The Morgan fingerprint density at radius 3 is 2.29 bits per heavy atom. The molecule has 0 bridgehead atoms. The average Bonchev–Trinajstić information content (AvgIpc) is 2.84. The van der Waals surface area contributed by atoms with Gasteiger partial charge in [-0.25, -0.2) is 4.98 Å². The number of thioether (sulfide) groups is 1. The maximum Gasteiger partial charge on any atom is 0.258 e. The summed E-state index contributed by atoms with van der Waals surface area (Å²) in [4.78, 5) is 21.5. The van der Waals surface area contributed by atoms with Gasteiger partial charge in [-0.1, -0.05) is 54.2 Å². The molecule has 0 saturated carbocycles. The van der Waals surface area contributed by atoms with E-state index in [0.29, 0.717) is 16.3 Å². The molecular formula is C25H21N3O2S. The standard InChI is InChI=1S/C25H21N3O2S/c1-30-21-11-9-19(10-12-21)23(18-6-3-2-4-7-18)31-25-22(8-5-15-27-25)24(29)28-20-13-16-26-17-14-20/h2-17,23H,1H3,(H,26,28,29). The van der Waals surface area contributed by atoms with Gasteiger partial charge in [0.05, 0.1) is 17.9 Å². The smallest absolute Gasteiger partial charge is 0.258 e. The number of benzene rings is 2. The zero-order valence-corrected chi connectivity index (χ0v) is 17.8. The summed E-state index contributed by atoms with van der Waals surface area (Å²) in [5, 5.41) is 3.55. The lowest BCUT2D eigenvalue weighted by Crippen LogP contribution is -2.14. The molecule has 5 nitrogen and oxygen atoms in total. The zero-order chi connectivity index (χ0) is 21.5. The van der Waals surface area contributed by atoms with Crippen molar-refractivity contribution in [1.29, 1.82) is 0 Å². The number of anilines is 1. The number of methoxy groups -OCH3 is 1. The predicted molar refractivity (Wildman–Crippen MR) is 124 cm³/mol. The number of ether oxygens (including phenoxy) is 1. The summed E-state index contributed by atoms with van der Waals surface area (Å²) < 4.78 is 5.30. The highest BCUT2D eigenvalue weighted by atomic mass is 32.2. The van der Waals surface area contributed by atoms with Gasteiger partial charge in [0.1, 0.15) is 10.8 Å². The lowest BCUT2D eigenvalue weighted by molar-refractivity contribution is 0.102. The second kappa shape index (κ2) is 9.91. The minimum absolute atomic E-state index is 0.0329. The third-order valence-corrected chi connectivity index (χ3v) is 6.03. The second-order valence-corrected chi connectivity index (χ2v) is 7.82. The molecular weight excluding hydrogens is 406 g/mol. The normalized spacial score (nSPS) is 11.5. The monoisotopic (exact) mass is 427 g/mol. The van der Waals surface area contributed by atoms with Crippen molar-refractivity contribution in [1.82, 2.24) is 9.97 Å². The van der Waals surface area contributed by atoms with Crippen molar-refractivity contribution in [3.8, 4) is 5.75 Å². The van der Waals surface area contributed by atoms with Crippen LogP contribution in [0, 0.1) is 0 Å². The van der Waals surface area contributed by atoms with E-state index in [1.165, 1.54) is 0 Å². The number of hydrogen-bond donors (Lipinski definition) is 1. The van der Waals surface area contributed by atoms with Crippen molar-refractivity contribution < 1.29 is 9.53 Å². The van der Waals surface area contributed by atoms with Gasteiger partial charge in [0.25, 0.3) is 5.91 Å². The number of pyridine rings is 2. The summed E-state index contributed by atoms with van der Waals surface area (Å²) in [5.74, 6) is 0.596. The third-order valence-electron chi connectivity index (χ3n) is 4.70. The Kier molecular flexibility index (Phi) is 6.59. The van der Waals surface area contributed by atoms with Crippen molar-refractivity contribution in [3.05, 3.63) is 114 Å². The van der Waals surface area contributed by atoms with Gasteiger partial charge in [0.2, 0.25) is 0 Å². The average molecular weight is 428 g/mol. The number of hydrogen-bond acceptors (Lipinski definition) is 5. The van der Waals surface area contributed by atoms with Crippen LogP contribution in [0.25, 0.3) is 0 Å². The Balaban J connectivity index is 1.66. The molecule has 0 radical (unpaired) electrons. The molecule has 2 heterocycles. The van der Waals surface area contributed by atoms with Crippen LogP contribution in [0.1, 0.15) is 26.7 Å². The molecule has 1 unspecified atom stereocenters. The van der Waals surface area contributed by atoms with E-state index in [9.17, 15) is 4.79 Å². The fraction of sp³-hybridized carbons (Fsp3) is 0.0800. The van der Waals surface area contributed by atoms with Crippen LogP contribution in [0.2, 0.25) is 0 Å². The van der Waals surface area contributed by atoms with Crippen molar-refractivity contribution >= 4 is 23.4 Å². The van der Waals surface area contributed by atoms with Crippen LogP contribution in [0.3, 0.4) is 0 Å². The van der Waals surface area contributed by atoms with E-state index in [0.717, 1.165) is 16.9 Å². The fourth-order valence-corrected chi connectivity index (χ4v) is 4.36. The van der Waals surface area contributed by atoms with E-state index in [1.54, 1.807) is 61.7 Å². The number of carbonyl (C=O) groups excluding carboxylic acids is 1. The summed E-state index contributed by atoms with van der Waals surface area (Å²) in [6, 6.07) is 25.3. The number of nitrogens with zero attached hydrogens (tertiary/aromatic N) is 2. The molecule has 0 spiro atoms. The van der Waals surface area contributed by atoms with Gasteiger partial charge in [0, 0.05) is 24.3 Å². The van der Waals surface area contributed by atoms with E-state index < -0.39 is 0 Å². The van der Waals surface area contributed by atoms with Crippen LogP contribution in [0.5, 0.6) is 5.75 Å². The zero-order valence-electron chi connectivity index (χ0n) is 16.9. The Morgan fingerprint density at radius 2 is 1.58 bits per heavy atom. The molecule has 4 aromatic rings. The van der Waals surface area contributed by atoms with Gasteiger partial charge in [0.15, 0.2) is 0 Å². The molecule has 0 aliphatic carbocycles.